The Balaban J connectivity index is 1.54. The van der Waals surface area contributed by atoms with Crippen molar-refractivity contribution in [1.29, 1.82) is 0 Å². The Kier molecular flexibility index (Phi) is 7.16. The van der Waals surface area contributed by atoms with Gasteiger partial charge in [0.25, 0.3) is 11.8 Å². The highest BCUT2D eigenvalue weighted by Crippen LogP contribution is 2.40. The number of carbonyl (C=O) groups excluding carboxylic acids is 2. The van der Waals surface area contributed by atoms with Gasteiger partial charge < -0.3 is 26.1 Å². The van der Waals surface area contributed by atoms with Crippen LogP contribution in [-0.4, -0.2) is 77.2 Å². The van der Waals surface area contributed by atoms with Crippen LogP contribution in [0.2, 0.25) is 0 Å². The number of thioether (sulfide) groups is 1. The number of aromatic nitrogens is 3. The number of nitrogens with two attached hydrogens (primary N) is 1. The molecule has 0 spiro atoms. The van der Waals surface area contributed by atoms with Gasteiger partial charge in [-0.3, -0.25) is 14.5 Å². The van der Waals surface area contributed by atoms with Crippen LogP contribution in [0.1, 0.15) is 12.7 Å². The summed E-state index contributed by atoms with van der Waals surface area (Å²) < 4.78 is 5.70. The topological polar surface area (TPSA) is 201 Å². The number of anilines is 1. The molecule has 1 saturated heterocycles. The van der Waals surface area contributed by atoms with Crippen LogP contribution >= 0.6 is 23.3 Å². The molecule has 2 unspecified atom stereocenters. The number of hydrogen-bond donors (Lipinski definition) is 4. The Bertz CT molecular complexity index is 1280. The van der Waals surface area contributed by atoms with E-state index in [0.29, 0.717) is 11.3 Å². The first kappa shape index (κ1) is 25.1. The third-order valence-corrected chi connectivity index (χ3v) is 7.09. The molecule has 36 heavy (non-hydrogen) atoms. The monoisotopic (exact) mass is 534 g/mol. The van der Waals surface area contributed by atoms with Crippen molar-refractivity contribution in [3.05, 3.63) is 47.7 Å². The normalized spacial score (nSPS) is 20.3. The molecule has 2 amide bonds. The molecule has 2 aliphatic rings. The van der Waals surface area contributed by atoms with E-state index in [1.165, 1.54) is 18.7 Å². The van der Waals surface area contributed by atoms with Crippen LogP contribution in [0.25, 0.3) is 0 Å². The van der Waals surface area contributed by atoms with Gasteiger partial charge in [0.2, 0.25) is 17.6 Å². The highest BCUT2D eigenvalue weighted by Gasteiger charge is 2.54. The highest BCUT2D eigenvalue weighted by molar-refractivity contribution is 8.00. The second-order valence-electron chi connectivity index (χ2n) is 7.65. The van der Waals surface area contributed by atoms with Gasteiger partial charge in [-0.25, -0.2) is 14.2 Å². The zero-order chi connectivity index (χ0) is 26.0. The maximum Gasteiger partial charge on any atom is 0.352 e. The van der Waals surface area contributed by atoms with E-state index >= 15 is 0 Å². The van der Waals surface area contributed by atoms with Crippen molar-refractivity contribution < 1.29 is 38.8 Å². The van der Waals surface area contributed by atoms with Gasteiger partial charge in [-0.2, -0.15) is 9.36 Å². The van der Waals surface area contributed by atoms with Gasteiger partial charge in [0, 0.05) is 35.0 Å². The molecule has 0 aromatic carbocycles. The number of pyridine rings is 1. The van der Waals surface area contributed by atoms with E-state index in [0.717, 1.165) is 16.4 Å². The van der Waals surface area contributed by atoms with Crippen molar-refractivity contribution in [2.75, 3.05) is 11.5 Å². The third kappa shape index (κ3) is 4.99. The molecule has 2 aromatic heterocycles. The maximum absolute atomic E-state index is 13.0. The number of hydrogen-bond acceptors (Lipinski definition) is 11. The molecule has 0 aliphatic carbocycles. The molecule has 188 valence electrons. The summed E-state index contributed by atoms with van der Waals surface area (Å²) in [5.74, 6) is -3.96. The highest BCUT2D eigenvalue weighted by atomic mass is 32.2. The van der Waals surface area contributed by atoms with E-state index in [4.69, 9.17) is 15.7 Å². The van der Waals surface area contributed by atoms with Crippen LogP contribution in [0, 0.1) is 0 Å². The third-order valence-electron chi connectivity index (χ3n) is 5.21. The molecular formula is C20H20N7O7S2+. The standard InChI is InChI=1S/C20H19N7O7S2/c1-9(18(30)31)34-24-11(14-23-20(21)36-25-14)15(28)22-12-16(29)27-13(19(32)33)10(8-35-17(12)27)7-26-5-3-2-4-6-26/h2-6,9,12,17H,7-8H2,1H3,(H4-,21,22,23,25,28,30,31,32,33)/p+1/b24-11-/t9?,12?,17-/m1/s1. The molecule has 3 atom stereocenters. The fourth-order valence-corrected chi connectivity index (χ4v) is 5.24. The van der Waals surface area contributed by atoms with Gasteiger partial charge in [-0.15, -0.1) is 11.8 Å². The summed E-state index contributed by atoms with van der Waals surface area (Å²) in [6, 6.07) is 4.40. The van der Waals surface area contributed by atoms with Gasteiger partial charge >= 0.3 is 11.9 Å². The second kappa shape index (κ2) is 10.3. The molecule has 0 radical (unpaired) electrons. The lowest BCUT2D eigenvalue weighted by Crippen LogP contribution is -2.71. The van der Waals surface area contributed by atoms with Gasteiger partial charge in [-0.1, -0.05) is 11.2 Å². The lowest BCUT2D eigenvalue weighted by Gasteiger charge is -2.49. The van der Waals surface area contributed by atoms with E-state index in [2.05, 4.69) is 19.8 Å². The van der Waals surface area contributed by atoms with Crippen LogP contribution in [0.3, 0.4) is 0 Å². The predicted octanol–water partition coefficient (Wildman–Crippen LogP) is -0.960. The van der Waals surface area contributed by atoms with Crippen molar-refractivity contribution in [2.45, 2.75) is 31.0 Å². The quantitative estimate of drug-likeness (QED) is 0.134. The first-order valence-corrected chi connectivity index (χ1v) is 12.2. The van der Waals surface area contributed by atoms with Gasteiger partial charge in [0.05, 0.1) is 0 Å². The summed E-state index contributed by atoms with van der Waals surface area (Å²) in [6.45, 7) is 1.50. The average molecular weight is 535 g/mol. The number of carboxylic acid groups (broad SMARTS) is 2. The zero-order valence-corrected chi connectivity index (χ0v) is 20.2. The molecule has 0 saturated carbocycles. The Morgan fingerprint density at radius 1 is 1.33 bits per heavy atom. The van der Waals surface area contributed by atoms with Crippen molar-refractivity contribution >= 4 is 57.9 Å². The van der Waals surface area contributed by atoms with Crippen molar-refractivity contribution in [3.63, 3.8) is 0 Å². The second-order valence-corrected chi connectivity index (χ2v) is 9.54. The summed E-state index contributed by atoms with van der Waals surface area (Å²) >= 11 is 2.09. The van der Waals surface area contributed by atoms with Crippen molar-refractivity contribution in [2.24, 2.45) is 5.16 Å². The summed E-state index contributed by atoms with van der Waals surface area (Å²) in [7, 11) is 0. The maximum atomic E-state index is 13.0. The number of nitrogen functional groups attached to an aromatic ring is 1. The van der Waals surface area contributed by atoms with Gasteiger partial charge in [0.15, 0.2) is 24.1 Å². The number of rotatable bonds is 9. The van der Waals surface area contributed by atoms with Gasteiger partial charge in [0.1, 0.15) is 17.1 Å². The molecule has 16 heteroatoms. The van der Waals surface area contributed by atoms with E-state index < -0.39 is 47.0 Å². The Hall–Kier alpha value is -4.05. The summed E-state index contributed by atoms with van der Waals surface area (Å²) in [5.41, 5.74) is 5.54. The molecule has 0 bridgehead atoms. The van der Waals surface area contributed by atoms with Crippen LogP contribution < -0.4 is 15.6 Å². The van der Waals surface area contributed by atoms with Crippen molar-refractivity contribution in [1.82, 2.24) is 19.6 Å². The molecule has 2 aromatic rings. The summed E-state index contributed by atoms with van der Waals surface area (Å²) in [6.07, 6.45) is 2.21. The smallest absolute Gasteiger partial charge is 0.352 e. The van der Waals surface area contributed by atoms with Crippen LogP contribution in [-0.2, 0) is 30.6 Å². The number of nitrogens with one attached hydrogen (secondary N) is 1. The fourth-order valence-electron chi connectivity index (χ4n) is 3.47. The molecule has 14 nitrogen and oxygen atoms in total. The Morgan fingerprint density at radius 2 is 2.06 bits per heavy atom. The fraction of sp³-hybridized carbons (Fsp3) is 0.300. The number of aliphatic carboxylic acids is 2. The molecule has 2 aliphatic heterocycles. The number of β-lactam (4-membered cyclic amide) rings is 1. The first-order chi connectivity index (χ1) is 17.2. The number of amides is 2. The first-order valence-electron chi connectivity index (χ1n) is 10.4. The molecule has 1 fully saturated rings. The summed E-state index contributed by atoms with van der Waals surface area (Å²) in [5, 5.41) is 24.3. The average Bonchev–Trinajstić information content (AvgIpc) is 3.28. The molecule has 4 rings (SSSR count). The zero-order valence-electron chi connectivity index (χ0n) is 18.6. The number of oxime groups is 1. The van der Waals surface area contributed by atoms with E-state index in [9.17, 15) is 24.3 Å². The van der Waals surface area contributed by atoms with E-state index in [-0.39, 0.29) is 23.2 Å². The van der Waals surface area contributed by atoms with Crippen LogP contribution in [0.15, 0.2) is 47.0 Å². The minimum absolute atomic E-state index is 0.0329. The lowest BCUT2D eigenvalue weighted by atomic mass is 10.0. The van der Waals surface area contributed by atoms with Crippen LogP contribution in [0.5, 0.6) is 0 Å². The van der Waals surface area contributed by atoms with Gasteiger partial charge in [-0.05, 0) is 6.92 Å². The van der Waals surface area contributed by atoms with E-state index in [1.54, 1.807) is 17.0 Å². The SMILES string of the molecule is CC(O/N=C(\C(=O)NC1C(=O)N2C(C(=O)O)=C(C[n+]3ccccc3)CS[C@H]12)c1nsc(N)n1)C(=O)O. The number of fused-ring (bicyclic) bond motifs is 1. The largest absolute Gasteiger partial charge is 0.478 e. The predicted molar refractivity (Wildman–Crippen MR) is 125 cm³/mol. The molecule has 5 N–H and O–H groups in total. The molecular weight excluding hydrogens is 514 g/mol. The minimum atomic E-state index is -1.37. The number of nitrogens with zero attached hydrogens (tertiary/aromatic N) is 5. The minimum Gasteiger partial charge on any atom is -0.478 e. The number of carboxylic acids is 2. The number of carbonyl (C=O) groups is 4. The molecule has 4 heterocycles. The van der Waals surface area contributed by atoms with Crippen molar-refractivity contribution in [3.8, 4) is 0 Å². The lowest BCUT2D eigenvalue weighted by molar-refractivity contribution is -0.689. The Labute approximate surface area is 211 Å². The summed E-state index contributed by atoms with van der Waals surface area (Å²) in [4.78, 5) is 58.9. The Morgan fingerprint density at radius 3 is 2.67 bits per heavy atom. The van der Waals surface area contributed by atoms with E-state index in [1.807, 2.05) is 18.2 Å². The van der Waals surface area contributed by atoms with Crippen LogP contribution in [0.4, 0.5) is 5.13 Å².